The van der Waals surface area contributed by atoms with Crippen molar-refractivity contribution in [2.45, 2.75) is 31.6 Å². The summed E-state index contributed by atoms with van der Waals surface area (Å²) in [5.41, 5.74) is 2.57. The van der Waals surface area contributed by atoms with E-state index in [4.69, 9.17) is 0 Å². The fraction of sp³-hybridized carbons (Fsp3) is 0.500. The zero-order chi connectivity index (χ0) is 17.6. The van der Waals surface area contributed by atoms with Crippen molar-refractivity contribution < 1.29 is 4.79 Å². The molecule has 1 aromatic carbocycles. The summed E-state index contributed by atoms with van der Waals surface area (Å²) in [6, 6.07) is 12.4. The van der Waals surface area contributed by atoms with Gasteiger partial charge in [-0.25, -0.2) is 0 Å². The lowest BCUT2D eigenvalue weighted by atomic mass is 9.93. The Morgan fingerprint density at radius 1 is 1.24 bits per heavy atom. The average molecular weight is 340 g/mol. The van der Waals surface area contributed by atoms with Gasteiger partial charge in [0.25, 0.3) is 0 Å². The summed E-state index contributed by atoms with van der Waals surface area (Å²) in [6.45, 7) is 5.28. The van der Waals surface area contributed by atoms with Crippen LogP contribution in [0.4, 0.5) is 0 Å². The first-order valence-electron chi connectivity index (χ1n) is 9.15. The summed E-state index contributed by atoms with van der Waals surface area (Å²) in [5, 5.41) is 7.35. The third-order valence-corrected chi connectivity index (χ3v) is 5.21. The fourth-order valence-electron chi connectivity index (χ4n) is 3.60. The van der Waals surface area contributed by atoms with Gasteiger partial charge in [0.1, 0.15) is 0 Å². The van der Waals surface area contributed by atoms with E-state index in [1.807, 2.05) is 36.1 Å². The van der Waals surface area contributed by atoms with Crippen LogP contribution in [0.15, 0.2) is 42.6 Å². The maximum absolute atomic E-state index is 12.2. The van der Waals surface area contributed by atoms with E-state index in [1.165, 1.54) is 11.3 Å². The minimum Gasteiger partial charge on any atom is -0.354 e. The first-order chi connectivity index (χ1) is 12.1. The Morgan fingerprint density at radius 3 is 2.60 bits per heavy atom. The lowest BCUT2D eigenvalue weighted by Crippen LogP contribution is -2.42. The molecule has 1 amide bonds. The second-order valence-electron chi connectivity index (χ2n) is 7.05. The van der Waals surface area contributed by atoms with Crippen molar-refractivity contribution in [2.24, 2.45) is 7.05 Å². The number of carbonyl (C=O) groups is 1. The van der Waals surface area contributed by atoms with Crippen molar-refractivity contribution in [3.05, 3.63) is 53.9 Å². The Balaban J connectivity index is 1.40. The molecular formula is C20H28N4O. The molecular weight excluding hydrogens is 312 g/mol. The molecule has 3 rings (SSSR count). The first-order valence-corrected chi connectivity index (χ1v) is 9.15. The molecule has 134 valence electrons. The van der Waals surface area contributed by atoms with E-state index in [2.05, 4.69) is 40.4 Å². The van der Waals surface area contributed by atoms with Gasteiger partial charge in [-0.05, 0) is 43.5 Å². The van der Waals surface area contributed by atoms with Gasteiger partial charge in [-0.1, -0.05) is 37.3 Å². The molecule has 5 nitrogen and oxygen atoms in total. The number of amides is 1. The number of benzene rings is 1. The van der Waals surface area contributed by atoms with E-state index < -0.39 is 0 Å². The molecule has 0 radical (unpaired) electrons. The van der Waals surface area contributed by atoms with Crippen LogP contribution in [-0.4, -0.2) is 46.8 Å². The summed E-state index contributed by atoms with van der Waals surface area (Å²) < 4.78 is 1.97. The second kappa shape index (κ2) is 8.30. The lowest BCUT2D eigenvalue weighted by molar-refractivity contribution is -0.122. The molecule has 1 aromatic heterocycles. The minimum atomic E-state index is 0.127. The van der Waals surface area contributed by atoms with Gasteiger partial charge in [0.05, 0.1) is 6.54 Å². The van der Waals surface area contributed by atoms with Crippen LogP contribution in [0.5, 0.6) is 0 Å². The standard InChI is InChI=1S/C20H28N4O/c1-16(17-6-4-3-5-7-17)14-21-20(25)15-24-12-9-18(10-13-24)19-8-11-22-23(19)2/h3-8,11,16,18H,9-10,12-15H2,1-2H3,(H,21,25). The van der Waals surface area contributed by atoms with Crippen LogP contribution in [-0.2, 0) is 11.8 Å². The Labute approximate surface area is 150 Å². The number of carbonyl (C=O) groups excluding carboxylic acids is 1. The van der Waals surface area contributed by atoms with Crippen molar-refractivity contribution in [1.29, 1.82) is 0 Å². The Kier molecular flexibility index (Phi) is 5.87. The fourth-order valence-corrected chi connectivity index (χ4v) is 3.60. The molecule has 1 atom stereocenters. The number of nitrogens with one attached hydrogen (secondary N) is 1. The first kappa shape index (κ1) is 17.7. The van der Waals surface area contributed by atoms with Crippen LogP contribution in [0.25, 0.3) is 0 Å². The van der Waals surface area contributed by atoms with Crippen molar-refractivity contribution >= 4 is 5.91 Å². The van der Waals surface area contributed by atoms with Crippen LogP contribution in [0.1, 0.15) is 42.9 Å². The topological polar surface area (TPSA) is 50.2 Å². The smallest absolute Gasteiger partial charge is 0.234 e. The highest BCUT2D eigenvalue weighted by Crippen LogP contribution is 2.27. The van der Waals surface area contributed by atoms with Gasteiger partial charge >= 0.3 is 0 Å². The maximum Gasteiger partial charge on any atom is 0.234 e. The van der Waals surface area contributed by atoms with Crippen molar-refractivity contribution in [3.8, 4) is 0 Å². The SMILES string of the molecule is CC(CNC(=O)CN1CCC(c2ccnn2C)CC1)c1ccccc1. The molecule has 1 N–H and O–H groups in total. The van der Waals surface area contributed by atoms with Gasteiger partial charge in [0.15, 0.2) is 0 Å². The number of hydrogen-bond acceptors (Lipinski definition) is 3. The second-order valence-corrected chi connectivity index (χ2v) is 7.05. The number of nitrogens with zero attached hydrogens (tertiary/aromatic N) is 3. The molecule has 5 heteroatoms. The molecule has 2 aromatic rings. The molecule has 1 fully saturated rings. The predicted octanol–water partition coefficient (Wildman–Crippen LogP) is 2.52. The van der Waals surface area contributed by atoms with Gasteiger partial charge in [-0.2, -0.15) is 5.10 Å². The quantitative estimate of drug-likeness (QED) is 0.879. The normalized spacial score (nSPS) is 17.4. The van der Waals surface area contributed by atoms with Gasteiger partial charge in [-0.15, -0.1) is 0 Å². The number of aryl methyl sites for hydroxylation is 1. The summed E-state index contributed by atoms with van der Waals surface area (Å²) in [6.07, 6.45) is 4.05. The van der Waals surface area contributed by atoms with E-state index in [-0.39, 0.29) is 5.91 Å². The zero-order valence-electron chi connectivity index (χ0n) is 15.2. The molecule has 0 bridgehead atoms. The van der Waals surface area contributed by atoms with Gasteiger partial charge < -0.3 is 5.32 Å². The monoisotopic (exact) mass is 340 g/mol. The molecule has 0 aliphatic carbocycles. The molecule has 25 heavy (non-hydrogen) atoms. The summed E-state index contributed by atoms with van der Waals surface area (Å²) in [5.74, 6) is 1.02. The van der Waals surface area contributed by atoms with Crippen molar-refractivity contribution in [2.75, 3.05) is 26.2 Å². The van der Waals surface area contributed by atoms with E-state index in [0.29, 0.717) is 24.9 Å². The number of aromatic nitrogens is 2. The zero-order valence-corrected chi connectivity index (χ0v) is 15.2. The van der Waals surface area contributed by atoms with Crippen molar-refractivity contribution in [3.63, 3.8) is 0 Å². The molecule has 0 spiro atoms. The highest BCUT2D eigenvalue weighted by molar-refractivity contribution is 5.78. The molecule has 1 unspecified atom stereocenters. The third kappa shape index (κ3) is 4.69. The Bertz CT molecular complexity index is 674. The van der Waals surface area contributed by atoms with E-state index in [1.54, 1.807) is 0 Å². The largest absolute Gasteiger partial charge is 0.354 e. The van der Waals surface area contributed by atoms with Gasteiger partial charge in [-0.3, -0.25) is 14.4 Å². The van der Waals surface area contributed by atoms with Crippen molar-refractivity contribution in [1.82, 2.24) is 20.0 Å². The lowest BCUT2D eigenvalue weighted by Gasteiger charge is -2.31. The highest BCUT2D eigenvalue weighted by atomic mass is 16.2. The van der Waals surface area contributed by atoms with Crippen LogP contribution < -0.4 is 5.32 Å². The maximum atomic E-state index is 12.2. The van der Waals surface area contributed by atoms with Crippen LogP contribution in [0.3, 0.4) is 0 Å². The van der Waals surface area contributed by atoms with Crippen LogP contribution in [0, 0.1) is 0 Å². The van der Waals surface area contributed by atoms with Gasteiger partial charge in [0.2, 0.25) is 5.91 Å². The average Bonchev–Trinajstić information content (AvgIpc) is 3.07. The predicted molar refractivity (Wildman–Crippen MR) is 99.5 cm³/mol. The molecule has 0 saturated carbocycles. The summed E-state index contributed by atoms with van der Waals surface area (Å²) in [4.78, 5) is 14.5. The minimum absolute atomic E-state index is 0.127. The van der Waals surface area contributed by atoms with E-state index in [0.717, 1.165) is 25.9 Å². The Hall–Kier alpha value is -2.14. The third-order valence-electron chi connectivity index (χ3n) is 5.21. The van der Waals surface area contributed by atoms with Crippen LogP contribution in [0.2, 0.25) is 0 Å². The number of piperidine rings is 1. The number of rotatable bonds is 6. The van der Waals surface area contributed by atoms with Gasteiger partial charge in [0, 0.05) is 31.4 Å². The van der Waals surface area contributed by atoms with E-state index >= 15 is 0 Å². The number of hydrogen-bond donors (Lipinski definition) is 1. The molecule has 1 aliphatic rings. The number of likely N-dealkylation sites (tertiary alicyclic amines) is 1. The summed E-state index contributed by atoms with van der Waals surface area (Å²) in [7, 11) is 2.00. The Morgan fingerprint density at radius 2 is 1.96 bits per heavy atom. The molecule has 1 aliphatic heterocycles. The molecule has 2 heterocycles. The van der Waals surface area contributed by atoms with E-state index in [9.17, 15) is 4.79 Å². The summed E-state index contributed by atoms with van der Waals surface area (Å²) >= 11 is 0. The molecule has 1 saturated heterocycles. The highest BCUT2D eigenvalue weighted by Gasteiger charge is 2.23. The van der Waals surface area contributed by atoms with Crippen LogP contribution >= 0.6 is 0 Å².